The van der Waals surface area contributed by atoms with Crippen LogP contribution in [0.1, 0.15) is 176 Å². The maximum absolute atomic E-state index is 2.74. The third kappa shape index (κ3) is 10.8. The van der Waals surface area contributed by atoms with Crippen molar-refractivity contribution in [2.24, 2.45) is 0 Å². The van der Waals surface area contributed by atoms with Crippen molar-refractivity contribution in [3.05, 3.63) is 424 Å². The number of anilines is 6. The van der Waals surface area contributed by atoms with Crippen LogP contribution in [0.4, 0.5) is 34.1 Å². The molecule has 5 heteroatoms. The molecule has 0 fully saturated rings. The van der Waals surface area contributed by atoms with E-state index in [9.17, 15) is 0 Å². The topological polar surface area (TPSA) is 16.3 Å². The molecule has 6 aliphatic rings. The molecule has 0 amide bonds. The molecule has 4 nitrogen and oxygen atoms in total. The summed E-state index contributed by atoms with van der Waals surface area (Å²) in [6.45, 7) is 35.2. The van der Waals surface area contributed by atoms with Crippen LogP contribution in [0, 0.1) is 0 Å². The minimum absolute atomic E-state index is 0.0518. The molecule has 2 aliphatic heterocycles. The highest BCUT2D eigenvalue weighted by molar-refractivity contribution is 7.00. The SMILES string of the molecule is CC(C)(C)c1ccc(-c2cc(C(C)(C)C)ccc2N2c3cc(-n4c5ccccc5c5cc6c(cc54)C4(c5ccccc5-c5ccccc54)c4ccccc4-6)ccc3B3c4ccc(-n5c6ccccc6c6cc7c(cc65)C5(c6ccccc6-c6ccccc65)c5ccccc5-7)cc4N(c4ccc(C(C)(C)C)cc4-c4ccc(C(C)(C)C)cc4)c4cc(C(C)(C)C)cc2c43)cc1. The van der Waals surface area contributed by atoms with Crippen LogP contribution in [-0.2, 0) is 37.9 Å². The summed E-state index contributed by atoms with van der Waals surface area (Å²) in [6, 6.07) is 139. The Bertz CT molecular complexity index is 7530. The molecule has 622 valence electrons. The van der Waals surface area contributed by atoms with Gasteiger partial charge in [-0.25, -0.2) is 0 Å². The van der Waals surface area contributed by atoms with Crippen molar-refractivity contribution in [3.63, 3.8) is 0 Å². The number of hydrogen-bond donors (Lipinski definition) is 0. The first-order valence-corrected chi connectivity index (χ1v) is 46.5. The fourth-order valence-corrected chi connectivity index (χ4v) is 24.0. The summed E-state index contributed by atoms with van der Waals surface area (Å²) in [5.41, 5.74) is 47.8. The molecule has 0 N–H and O–H groups in total. The van der Waals surface area contributed by atoms with Gasteiger partial charge in [-0.1, -0.05) is 359 Å². The first kappa shape index (κ1) is 77.4. The van der Waals surface area contributed by atoms with Crippen molar-refractivity contribution < 1.29 is 0 Å². The lowest BCUT2D eigenvalue weighted by molar-refractivity contribution is 0.589. The van der Waals surface area contributed by atoms with Crippen LogP contribution in [0.3, 0.4) is 0 Å². The van der Waals surface area contributed by atoms with E-state index in [2.05, 4.69) is 475 Å². The zero-order chi connectivity index (χ0) is 87.8. The van der Waals surface area contributed by atoms with Crippen LogP contribution in [0.2, 0.25) is 0 Å². The van der Waals surface area contributed by atoms with Crippen LogP contribution in [-0.4, -0.2) is 15.8 Å². The summed E-state index contributed by atoms with van der Waals surface area (Å²) < 4.78 is 5.25. The Morgan fingerprint density at radius 1 is 0.202 bits per heavy atom. The first-order chi connectivity index (χ1) is 62.1. The summed E-state index contributed by atoms with van der Waals surface area (Å²) in [5.74, 6) is 0. The van der Waals surface area contributed by atoms with Gasteiger partial charge in [0.2, 0.25) is 0 Å². The lowest BCUT2D eigenvalue weighted by Crippen LogP contribution is -2.61. The summed E-state index contributed by atoms with van der Waals surface area (Å²) in [5, 5.41) is 4.92. The second kappa shape index (κ2) is 26.8. The Kier molecular flexibility index (Phi) is 16.1. The fourth-order valence-electron chi connectivity index (χ4n) is 24.0. The van der Waals surface area contributed by atoms with E-state index in [-0.39, 0.29) is 33.8 Å². The van der Waals surface area contributed by atoms with Crippen LogP contribution >= 0.6 is 0 Å². The molecule has 0 unspecified atom stereocenters. The Morgan fingerprint density at radius 3 is 0.837 bits per heavy atom. The molecule has 2 aromatic heterocycles. The maximum Gasteiger partial charge on any atom is 0.252 e. The van der Waals surface area contributed by atoms with Gasteiger partial charge in [0, 0.05) is 66.8 Å². The third-order valence-corrected chi connectivity index (χ3v) is 30.3. The van der Waals surface area contributed by atoms with E-state index >= 15 is 0 Å². The number of fused-ring (bicyclic) bond motifs is 30. The average Bonchev–Trinajstić information content (AvgIpc) is 1.44. The van der Waals surface area contributed by atoms with Gasteiger partial charge in [0.1, 0.15) is 0 Å². The quantitative estimate of drug-likeness (QED) is 0.154. The Morgan fingerprint density at radius 2 is 0.504 bits per heavy atom. The Labute approximate surface area is 758 Å². The van der Waals surface area contributed by atoms with Crippen LogP contribution in [0.5, 0.6) is 0 Å². The number of nitrogens with zero attached hydrogens (tertiary/aromatic N) is 4. The van der Waals surface area contributed by atoms with Gasteiger partial charge in [0.05, 0.1) is 44.3 Å². The number of hydrogen-bond acceptors (Lipinski definition) is 2. The fraction of sp³-hybridized carbons (Fsp3) is 0.177. The normalized spacial score (nSPS) is 14.6. The van der Waals surface area contributed by atoms with Crippen LogP contribution < -0.4 is 26.2 Å². The largest absolute Gasteiger partial charge is 0.311 e. The number of aromatic nitrogens is 2. The molecule has 19 aromatic rings. The molecule has 0 saturated carbocycles. The first-order valence-electron chi connectivity index (χ1n) is 46.5. The van der Waals surface area contributed by atoms with Gasteiger partial charge in [0.25, 0.3) is 6.71 Å². The van der Waals surface area contributed by atoms with Crippen molar-refractivity contribution >= 4 is 101 Å². The molecule has 0 saturated heterocycles. The molecule has 2 spiro atoms. The summed E-state index contributed by atoms with van der Waals surface area (Å²) in [6.07, 6.45) is 0. The zero-order valence-corrected chi connectivity index (χ0v) is 76.4. The molecule has 0 bridgehead atoms. The van der Waals surface area contributed by atoms with E-state index in [1.54, 1.807) is 0 Å². The highest BCUT2D eigenvalue weighted by atomic mass is 15.2. The highest BCUT2D eigenvalue weighted by Crippen LogP contribution is 2.66. The lowest BCUT2D eigenvalue weighted by Gasteiger charge is -2.46. The minimum Gasteiger partial charge on any atom is -0.311 e. The van der Waals surface area contributed by atoms with Crippen LogP contribution in [0.15, 0.2) is 352 Å². The second-order valence-corrected chi connectivity index (χ2v) is 42.7. The second-order valence-electron chi connectivity index (χ2n) is 42.7. The average molecular weight is 1660 g/mol. The molecule has 129 heavy (non-hydrogen) atoms. The number of benzene rings is 17. The molecular formula is C124H103BN4. The molecular weight excluding hydrogens is 1560 g/mol. The zero-order valence-electron chi connectivity index (χ0n) is 76.4. The molecule has 25 rings (SSSR count). The van der Waals surface area contributed by atoms with Gasteiger partial charge in [-0.3, -0.25) is 0 Å². The summed E-state index contributed by atoms with van der Waals surface area (Å²) >= 11 is 0. The summed E-state index contributed by atoms with van der Waals surface area (Å²) in [7, 11) is 0. The van der Waals surface area contributed by atoms with Crippen molar-refractivity contribution in [1.29, 1.82) is 0 Å². The van der Waals surface area contributed by atoms with Gasteiger partial charge in [-0.05, 0) is 268 Å². The van der Waals surface area contributed by atoms with E-state index in [1.165, 1.54) is 210 Å². The number of para-hydroxylation sites is 2. The van der Waals surface area contributed by atoms with E-state index in [4.69, 9.17) is 0 Å². The van der Waals surface area contributed by atoms with Crippen molar-refractivity contribution in [2.45, 2.75) is 142 Å². The van der Waals surface area contributed by atoms with Crippen molar-refractivity contribution in [1.82, 2.24) is 9.13 Å². The molecule has 17 aromatic carbocycles. The van der Waals surface area contributed by atoms with Gasteiger partial charge in [-0.15, -0.1) is 0 Å². The maximum atomic E-state index is 2.74. The Hall–Kier alpha value is -14.0. The van der Waals surface area contributed by atoms with Crippen molar-refractivity contribution in [3.8, 4) is 78.1 Å². The number of rotatable bonds is 6. The van der Waals surface area contributed by atoms with Gasteiger partial charge in [-0.2, -0.15) is 0 Å². The monoisotopic (exact) mass is 1660 g/mol. The standard InChI is InChI=1S/C124H103BN4/c1-118(2,3)76-52-48-74(49-53-76)91-64-78(120(7,8)9)56-62-109(91)128-113-68-81(126-107-46-30-22-38-89(107)95-70-93-87-36-20-28-44-101(87)123(103(93)72-111(95)126)97-40-24-16-32-83(97)84-33-17-25-41-98(84)123)58-60-105(113)125-106-61-59-82(69-114(106)129(116-67-80(122(13,14)15)66-115(128)117(116)125)110-63-57-79(121(10,11)12)65-92(110)75-50-54-77(55-51-75)119(4,5)6)127-108-47-31-23-39-90(108)96-71-94-88-37-21-29-45-102(88)124(104(94)73-112(96)127)99-42-26-18-34-85(99)86-35-19-27-43-100(86)124/h16-73H,1-15H3. The molecule has 0 atom stereocenters. The van der Waals surface area contributed by atoms with E-state index < -0.39 is 10.8 Å². The predicted octanol–water partition coefficient (Wildman–Crippen LogP) is 30.5. The Balaban J connectivity index is 0.794. The smallest absolute Gasteiger partial charge is 0.252 e. The molecule has 0 radical (unpaired) electrons. The molecule has 4 aliphatic carbocycles. The third-order valence-electron chi connectivity index (χ3n) is 30.3. The van der Waals surface area contributed by atoms with Crippen molar-refractivity contribution in [2.75, 3.05) is 9.80 Å². The van der Waals surface area contributed by atoms with Crippen LogP contribution in [0.25, 0.3) is 122 Å². The predicted molar refractivity (Wildman–Crippen MR) is 546 cm³/mol. The molecule has 4 heterocycles. The highest BCUT2D eigenvalue weighted by Gasteiger charge is 2.55. The minimum atomic E-state index is -0.547. The van der Waals surface area contributed by atoms with E-state index in [0.717, 1.165) is 34.1 Å². The summed E-state index contributed by atoms with van der Waals surface area (Å²) in [4.78, 5) is 5.48. The van der Waals surface area contributed by atoms with E-state index in [0.29, 0.717) is 0 Å². The van der Waals surface area contributed by atoms with E-state index in [1.807, 2.05) is 0 Å². The van der Waals surface area contributed by atoms with Gasteiger partial charge in [0.15, 0.2) is 0 Å². The van der Waals surface area contributed by atoms with Gasteiger partial charge < -0.3 is 18.9 Å². The lowest BCUT2D eigenvalue weighted by atomic mass is 9.33. The van der Waals surface area contributed by atoms with Gasteiger partial charge >= 0.3 is 0 Å².